The van der Waals surface area contributed by atoms with Gasteiger partial charge in [-0.3, -0.25) is 4.79 Å². The number of nitrogens with zero attached hydrogens (tertiary/aromatic N) is 1. The Labute approximate surface area is 124 Å². The van der Waals surface area contributed by atoms with Gasteiger partial charge in [-0.1, -0.05) is 25.0 Å². The van der Waals surface area contributed by atoms with E-state index >= 15 is 0 Å². The summed E-state index contributed by atoms with van der Waals surface area (Å²) in [4.78, 5) is 15.0. The highest BCUT2D eigenvalue weighted by atomic mass is 19.1. The van der Waals surface area contributed by atoms with Gasteiger partial charge in [-0.25, -0.2) is 4.39 Å². The van der Waals surface area contributed by atoms with Crippen LogP contribution in [0.15, 0.2) is 24.3 Å². The van der Waals surface area contributed by atoms with Crippen LogP contribution < -0.4 is 0 Å². The number of hydrogen-bond donors (Lipinski definition) is 1. The van der Waals surface area contributed by atoms with E-state index in [4.69, 9.17) is 0 Å². The van der Waals surface area contributed by atoms with Crippen molar-refractivity contribution in [1.29, 1.82) is 0 Å². The van der Waals surface area contributed by atoms with E-state index in [1.165, 1.54) is 12.1 Å². The van der Waals surface area contributed by atoms with Crippen LogP contribution in [0, 0.1) is 11.7 Å². The molecule has 3 rings (SSSR count). The van der Waals surface area contributed by atoms with E-state index in [1.54, 1.807) is 12.1 Å². The Bertz CT molecular complexity index is 508. The summed E-state index contributed by atoms with van der Waals surface area (Å²) in [6.45, 7) is 1.53. The largest absolute Gasteiger partial charge is 0.396 e. The summed E-state index contributed by atoms with van der Waals surface area (Å²) in [5.74, 6) is 0.115. The number of aliphatic hydroxyl groups excluding tert-OH is 1. The third-order valence-corrected chi connectivity index (χ3v) is 5.09. The van der Waals surface area contributed by atoms with Crippen LogP contribution in [0.25, 0.3) is 0 Å². The molecule has 0 bridgehead atoms. The number of aliphatic hydroxyl groups is 1. The molecule has 4 heteroatoms. The van der Waals surface area contributed by atoms with E-state index in [0.717, 1.165) is 44.2 Å². The highest BCUT2D eigenvalue weighted by Crippen LogP contribution is 2.43. The van der Waals surface area contributed by atoms with Gasteiger partial charge in [0.1, 0.15) is 5.82 Å². The Morgan fingerprint density at radius 1 is 1.29 bits per heavy atom. The van der Waals surface area contributed by atoms with Gasteiger partial charge in [0.25, 0.3) is 0 Å². The second-order valence-corrected chi connectivity index (χ2v) is 6.38. The van der Waals surface area contributed by atoms with Crippen LogP contribution in [-0.2, 0) is 10.2 Å². The van der Waals surface area contributed by atoms with Crippen LogP contribution in [0.2, 0.25) is 0 Å². The molecule has 1 aromatic rings. The van der Waals surface area contributed by atoms with E-state index in [-0.39, 0.29) is 24.2 Å². The Hall–Kier alpha value is -1.42. The molecule has 3 nitrogen and oxygen atoms in total. The van der Waals surface area contributed by atoms with Crippen molar-refractivity contribution in [2.75, 3.05) is 19.7 Å². The smallest absolute Gasteiger partial charge is 0.233 e. The van der Waals surface area contributed by atoms with E-state index in [1.807, 2.05) is 4.90 Å². The van der Waals surface area contributed by atoms with Crippen molar-refractivity contribution >= 4 is 5.91 Å². The van der Waals surface area contributed by atoms with Crippen LogP contribution >= 0.6 is 0 Å². The minimum Gasteiger partial charge on any atom is -0.396 e. The lowest BCUT2D eigenvalue weighted by atomic mass is 9.77. The van der Waals surface area contributed by atoms with Crippen molar-refractivity contribution in [3.63, 3.8) is 0 Å². The molecule has 2 aliphatic rings. The number of carbonyl (C=O) groups is 1. The maximum absolute atomic E-state index is 13.2. The van der Waals surface area contributed by atoms with Gasteiger partial charge in [0.05, 0.1) is 5.41 Å². The van der Waals surface area contributed by atoms with Crippen LogP contribution in [0.3, 0.4) is 0 Å². The molecule has 0 aromatic heterocycles. The topological polar surface area (TPSA) is 40.5 Å². The first kappa shape index (κ1) is 14.5. The lowest BCUT2D eigenvalue weighted by Gasteiger charge is -2.33. The lowest BCUT2D eigenvalue weighted by molar-refractivity contribution is -0.136. The fraction of sp³-hybridized carbons (Fsp3) is 0.588. The maximum Gasteiger partial charge on any atom is 0.233 e. The Morgan fingerprint density at radius 2 is 1.95 bits per heavy atom. The quantitative estimate of drug-likeness (QED) is 0.929. The predicted octanol–water partition coefficient (Wildman–Crippen LogP) is 2.48. The van der Waals surface area contributed by atoms with E-state index in [0.29, 0.717) is 6.54 Å². The zero-order valence-corrected chi connectivity index (χ0v) is 12.2. The zero-order chi connectivity index (χ0) is 14.9. The van der Waals surface area contributed by atoms with Gasteiger partial charge in [0.15, 0.2) is 0 Å². The van der Waals surface area contributed by atoms with Crippen molar-refractivity contribution in [1.82, 2.24) is 4.90 Å². The molecular formula is C17H22FNO2. The van der Waals surface area contributed by atoms with Gasteiger partial charge in [-0.15, -0.1) is 0 Å². The van der Waals surface area contributed by atoms with Crippen LogP contribution in [-0.4, -0.2) is 35.6 Å². The number of amides is 1. The SMILES string of the molecule is O=C(N1CCC(CO)C1)C1(c2ccc(F)cc2)CCCC1. The Kier molecular flexibility index (Phi) is 3.98. The zero-order valence-electron chi connectivity index (χ0n) is 12.2. The molecule has 1 N–H and O–H groups in total. The molecule has 0 spiro atoms. The molecule has 1 aliphatic heterocycles. The van der Waals surface area contributed by atoms with Gasteiger partial charge in [0.2, 0.25) is 5.91 Å². The van der Waals surface area contributed by atoms with Crippen molar-refractivity contribution in [3.8, 4) is 0 Å². The average molecular weight is 291 g/mol. The highest BCUT2D eigenvalue weighted by molar-refractivity contribution is 5.89. The Balaban J connectivity index is 1.87. The summed E-state index contributed by atoms with van der Waals surface area (Å²) in [6, 6.07) is 6.42. The molecular weight excluding hydrogens is 269 g/mol. The summed E-state index contributed by atoms with van der Waals surface area (Å²) in [5.41, 5.74) is 0.469. The van der Waals surface area contributed by atoms with Crippen LogP contribution in [0.1, 0.15) is 37.7 Å². The molecule has 1 atom stereocenters. The van der Waals surface area contributed by atoms with Crippen molar-refractivity contribution in [2.24, 2.45) is 5.92 Å². The third-order valence-electron chi connectivity index (χ3n) is 5.09. The summed E-state index contributed by atoms with van der Waals surface area (Å²) < 4.78 is 13.2. The molecule has 1 unspecified atom stereocenters. The summed E-state index contributed by atoms with van der Waals surface area (Å²) in [5, 5.41) is 9.26. The van der Waals surface area contributed by atoms with Gasteiger partial charge >= 0.3 is 0 Å². The molecule has 1 saturated carbocycles. The molecule has 114 valence electrons. The number of halogens is 1. The van der Waals surface area contributed by atoms with Gasteiger partial charge in [-0.2, -0.15) is 0 Å². The number of benzene rings is 1. The van der Waals surface area contributed by atoms with E-state index < -0.39 is 5.41 Å². The lowest BCUT2D eigenvalue weighted by Crippen LogP contribution is -2.44. The summed E-state index contributed by atoms with van der Waals surface area (Å²) in [6.07, 6.45) is 4.65. The highest BCUT2D eigenvalue weighted by Gasteiger charge is 2.46. The minimum atomic E-state index is -0.474. The fourth-order valence-electron chi connectivity index (χ4n) is 3.84. The third kappa shape index (κ3) is 2.57. The first-order valence-corrected chi connectivity index (χ1v) is 7.82. The summed E-state index contributed by atoms with van der Waals surface area (Å²) in [7, 11) is 0. The first-order valence-electron chi connectivity index (χ1n) is 7.82. The number of likely N-dealkylation sites (tertiary alicyclic amines) is 1. The van der Waals surface area contributed by atoms with Crippen LogP contribution in [0.5, 0.6) is 0 Å². The standard InChI is InChI=1S/C17H22FNO2/c18-15-5-3-14(4-6-15)17(8-1-2-9-17)16(21)19-10-7-13(11-19)12-20/h3-6,13,20H,1-2,7-12H2. The summed E-state index contributed by atoms with van der Waals surface area (Å²) >= 11 is 0. The first-order chi connectivity index (χ1) is 10.2. The van der Waals surface area contributed by atoms with Crippen molar-refractivity contribution in [3.05, 3.63) is 35.6 Å². The second kappa shape index (κ2) is 5.76. The number of carbonyl (C=O) groups excluding carboxylic acids is 1. The molecule has 1 heterocycles. The van der Waals surface area contributed by atoms with Crippen molar-refractivity contribution < 1.29 is 14.3 Å². The van der Waals surface area contributed by atoms with Gasteiger partial charge in [0, 0.05) is 25.6 Å². The monoisotopic (exact) mass is 291 g/mol. The molecule has 1 amide bonds. The van der Waals surface area contributed by atoms with E-state index in [2.05, 4.69) is 0 Å². The second-order valence-electron chi connectivity index (χ2n) is 6.38. The molecule has 1 saturated heterocycles. The van der Waals surface area contributed by atoms with E-state index in [9.17, 15) is 14.3 Å². The maximum atomic E-state index is 13.2. The Morgan fingerprint density at radius 3 is 2.52 bits per heavy atom. The van der Waals surface area contributed by atoms with Gasteiger partial charge < -0.3 is 10.0 Å². The molecule has 0 radical (unpaired) electrons. The normalized spacial score (nSPS) is 24.5. The fourth-order valence-corrected chi connectivity index (χ4v) is 3.84. The average Bonchev–Trinajstić information content (AvgIpc) is 3.17. The van der Waals surface area contributed by atoms with Crippen molar-refractivity contribution in [2.45, 2.75) is 37.5 Å². The molecule has 21 heavy (non-hydrogen) atoms. The van der Waals surface area contributed by atoms with Crippen LogP contribution in [0.4, 0.5) is 4.39 Å². The van der Waals surface area contributed by atoms with Gasteiger partial charge in [-0.05, 0) is 37.0 Å². The number of rotatable bonds is 3. The molecule has 1 aliphatic carbocycles. The number of hydrogen-bond acceptors (Lipinski definition) is 2. The predicted molar refractivity (Wildman–Crippen MR) is 78.3 cm³/mol. The molecule has 2 fully saturated rings. The minimum absolute atomic E-state index is 0.146. The molecule has 1 aromatic carbocycles.